The van der Waals surface area contributed by atoms with E-state index in [0.29, 0.717) is 0 Å². The summed E-state index contributed by atoms with van der Waals surface area (Å²) in [4.78, 5) is 0. The van der Waals surface area contributed by atoms with Crippen LogP contribution in [0.5, 0.6) is 0 Å². The van der Waals surface area contributed by atoms with Crippen LogP contribution in [0.1, 0.15) is 34.1 Å². The summed E-state index contributed by atoms with van der Waals surface area (Å²) in [6.07, 6.45) is 1.36. The first-order valence-electron chi connectivity index (χ1n) is 3.44. The molecule has 0 unspecified atom stereocenters. The Bertz CT molecular complexity index is 42.5. The van der Waals surface area contributed by atoms with Crippen LogP contribution in [0.15, 0.2) is 0 Å². The number of hydrogen-bond donors (Lipinski definition) is 0. The monoisotopic (exact) mass is 165 g/mol. The Morgan fingerprint density at radius 2 is 1.22 bits per heavy atom. The van der Waals surface area contributed by atoms with Crippen LogP contribution in [0.3, 0.4) is 0 Å². The van der Waals surface area contributed by atoms with Crippen LogP contribution >= 0.6 is 0 Å². The molecule has 0 rings (SSSR count). The van der Waals surface area contributed by atoms with Gasteiger partial charge in [-0.2, -0.15) is 0 Å². The molecule has 0 fully saturated rings. The first-order chi connectivity index (χ1) is 4.13. The molecule has 0 aromatic rings. The zero-order valence-electron chi connectivity index (χ0n) is 7.02. The van der Waals surface area contributed by atoms with Crippen LogP contribution in [0.25, 0.3) is 0 Å². The van der Waals surface area contributed by atoms with Crippen LogP contribution in [0.2, 0.25) is 0 Å². The minimum absolute atomic E-state index is 0.875. The molecule has 0 atom stereocenters. The zero-order chi connectivity index (χ0) is 7.86. The van der Waals surface area contributed by atoms with E-state index in [1.54, 1.807) is 0 Å². The van der Waals surface area contributed by atoms with Gasteiger partial charge in [-0.1, -0.05) is 27.7 Å². The van der Waals surface area contributed by atoms with Crippen molar-refractivity contribution < 1.29 is 17.0 Å². The van der Waals surface area contributed by atoms with Gasteiger partial charge in [0.1, 0.15) is 0 Å². The molecular weight excluding hydrogens is 147 g/mol. The summed E-state index contributed by atoms with van der Waals surface area (Å²) in [6.45, 7) is 9.06. The molecule has 0 aliphatic heterocycles. The third-order valence-corrected chi connectivity index (χ3v) is 0.943. The molecule has 55 valence electrons. The van der Waals surface area contributed by atoms with E-state index in [-0.39, 0.29) is 0 Å². The van der Waals surface area contributed by atoms with Gasteiger partial charge in [-0.3, -0.25) is 0 Å². The van der Waals surface area contributed by atoms with Crippen molar-refractivity contribution >= 4 is 5.23 Å². The molecule has 0 aromatic heterocycles. The molecule has 1 heteroatoms. The summed E-state index contributed by atoms with van der Waals surface area (Å²) in [5.74, 6) is 1.75. The number of rotatable bonds is 2. The molecular formula is C8H18V. The molecule has 0 amide bonds. The summed E-state index contributed by atoms with van der Waals surface area (Å²) in [5.41, 5.74) is 0. The van der Waals surface area contributed by atoms with Crippen LogP contribution in [-0.2, 0) is 17.0 Å². The fraction of sp³-hybridized carbons (Fsp3) is 0.875. The normalized spacial score (nSPS) is 9.00. The maximum atomic E-state index is 3.19. The van der Waals surface area contributed by atoms with Crippen molar-refractivity contribution in [3.63, 3.8) is 0 Å². The maximum absolute atomic E-state index is 3.19. The average Bonchev–Trinajstić information content (AvgIpc) is 1.68. The second-order valence-corrected chi connectivity index (χ2v) is 3.02. The van der Waals surface area contributed by atoms with Gasteiger partial charge in [0.25, 0.3) is 0 Å². The molecule has 0 aromatic carbocycles. The fourth-order valence-electron chi connectivity index (χ4n) is 0.943. The first kappa shape index (κ1) is 12.2. The van der Waals surface area contributed by atoms with Gasteiger partial charge >= 0.3 is 22.2 Å². The van der Waals surface area contributed by atoms with Crippen molar-refractivity contribution in [2.24, 2.45) is 11.8 Å². The van der Waals surface area contributed by atoms with Crippen molar-refractivity contribution in [1.29, 1.82) is 0 Å². The van der Waals surface area contributed by atoms with Crippen molar-refractivity contribution in [2.75, 3.05) is 0 Å². The summed E-state index contributed by atoms with van der Waals surface area (Å²) in [5, 5.41) is 3.19. The summed E-state index contributed by atoms with van der Waals surface area (Å²) < 4.78 is 0. The van der Waals surface area contributed by atoms with Gasteiger partial charge in [0.2, 0.25) is 0 Å². The third-order valence-electron chi connectivity index (χ3n) is 0.943. The Balaban J connectivity index is 0. The van der Waals surface area contributed by atoms with E-state index >= 15 is 0 Å². The summed E-state index contributed by atoms with van der Waals surface area (Å²) in [6, 6.07) is 0. The van der Waals surface area contributed by atoms with Gasteiger partial charge in [0.05, 0.1) is 0 Å². The van der Waals surface area contributed by atoms with Crippen LogP contribution in [0, 0.1) is 11.8 Å². The topological polar surface area (TPSA) is 0 Å². The predicted octanol–water partition coefficient (Wildman–Crippen LogP) is 2.65. The molecule has 0 aliphatic carbocycles. The molecule has 0 nitrogen and oxygen atoms in total. The number of hydrogen-bond acceptors (Lipinski definition) is 0. The van der Waals surface area contributed by atoms with Crippen LogP contribution in [0.4, 0.5) is 0 Å². The zero-order valence-corrected chi connectivity index (χ0v) is 8.41. The Labute approximate surface area is 68.5 Å². The third kappa shape index (κ3) is 17.8. The Morgan fingerprint density at radius 1 is 1.00 bits per heavy atom. The quantitative estimate of drug-likeness (QED) is 0.590. The van der Waals surface area contributed by atoms with E-state index in [1.807, 2.05) is 0 Å². The molecule has 0 heterocycles. The van der Waals surface area contributed by atoms with Crippen molar-refractivity contribution in [2.45, 2.75) is 34.1 Å². The second kappa shape index (κ2) is 8.45. The van der Waals surface area contributed by atoms with E-state index < -0.39 is 0 Å². The standard InChI is InChI=1S/C7H16.CH2.V/c1-6(2)5-7(3)4;;/h6-7H,5H2,1-4H3;1H2;. The van der Waals surface area contributed by atoms with E-state index in [2.05, 4.69) is 49.9 Å². The average molecular weight is 165 g/mol. The predicted molar refractivity (Wildman–Crippen MR) is 41.4 cm³/mol. The molecule has 0 saturated carbocycles. The van der Waals surface area contributed by atoms with Gasteiger partial charge in [0.15, 0.2) is 0 Å². The molecule has 0 aliphatic rings. The molecule has 0 spiro atoms. The Hall–Kier alpha value is 0.454. The van der Waals surface area contributed by atoms with Crippen LogP contribution in [-0.4, -0.2) is 5.23 Å². The second-order valence-electron chi connectivity index (χ2n) is 3.02. The molecule has 0 saturated heterocycles. The van der Waals surface area contributed by atoms with Crippen molar-refractivity contribution in [3.05, 3.63) is 0 Å². The van der Waals surface area contributed by atoms with E-state index in [4.69, 9.17) is 0 Å². The first-order valence-corrected chi connectivity index (χ1v) is 4.43. The molecule has 0 bridgehead atoms. The van der Waals surface area contributed by atoms with E-state index in [1.165, 1.54) is 6.42 Å². The SMILES string of the molecule is CC(C)CC(C)C.[CH2]=[V]. The van der Waals surface area contributed by atoms with Gasteiger partial charge in [-0.25, -0.2) is 0 Å². The van der Waals surface area contributed by atoms with Gasteiger partial charge in [-0.15, -0.1) is 0 Å². The van der Waals surface area contributed by atoms with Crippen molar-refractivity contribution in [1.82, 2.24) is 0 Å². The fourth-order valence-corrected chi connectivity index (χ4v) is 0.943. The Kier molecular flexibility index (Phi) is 11.4. The van der Waals surface area contributed by atoms with Gasteiger partial charge < -0.3 is 0 Å². The van der Waals surface area contributed by atoms with E-state index in [9.17, 15) is 0 Å². The van der Waals surface area contributed by atoms with E-state index in [0.717, 1.165) is 11.8 Å². The molecule has 0 N–H and O–H groups in total. The van der Waals surface area contributed by atoms with Crippen molar-refractivity contribution in [3.8, 4) is 0 Å². The minimum atomic E-state index is 0.875. The molecule has 0 radical (unpaired) electrons. The Morgan fingerprint density at radius 3 is 1.22 bits per heavy atom. The van der Waals surface area contributed by atoms with Crippen LogP contribution < -0.4 is 0 Å². The summed E-state index contributed by atoms with van der Waals surface area (Å²) in [7, 11) is 0. The van der Waals surface area contributed by atoms with Gasteiger partial charge in [-0.05, 0) is 18.3 Å². The van der Waals surface area contributed by atoms with Gasteiger partial charge in [0, 0.05) is 0 Å². The molecule has 9 heavy (non-hydrogen) atoms. The summed E-state index contributed by atoms with van der Waals surface area (Å²) >= 11 is 2.06.